The summed E-state index contributed by atoms with van der Waals surface area (Å²) in [4.78, 5) is 12.1. The maximum Gasteiger partial charge on any atom is 0.220 e. The minimum atomic E-state index is -3.61. The smallest absolute Gasteiger partial charge is 0.220 e. The Kier molecular flexibility index (Phi) is 9.32. The van der Waals surface area contributed by atoms with E-state index in [1.807, 2.05) is 6.92 Å². The molecule has 0 heterocycles. The van der Waals surface area contributed by atoms with Crippen molar-refractivity contribution in [3.8, 4) is 6.07 Å². The summed E-state index contributed by atoms with van der Waals surface area (Å²) in [6, 6.07) is 11.9. The molecule has 0 spiro atoms. The summed E-state index contributed by atoms with van der Waals surface area (Å²) < 4.78 is 25.2. The Balaban J connectivity index is 1.74. The van der Waals surface area contributed by atoms with Gasteiger partial charge in [0, 0.05) is 24.0 Å². The summed E-state index contributed by atoms with van der Waals surface area (Å²) in [6.45, 7) is 3.95. The van der Waals surface area contributed by atoms with Gasteiger partial charge in [0.2, 0.25) is 5.91 Å². The number of rotatable bonds is 10. The minimum Gasteiger partial charge on any atom is -0.352 e. The lowest BCUT2D eigenvalue weighted by atomic mass is 10.1. The molecule has 0 fully saturated rings. The lowest BCUT2D eigenvalue weighted by Gasteiger charge is -2.15. The highest BCUT2D eigenvalue weighted by Gasteiger charge is 2.21. The van der Waals surface area contributed by atoms with Gasteiger partial charge >= 0.3 is 0 Å². The van der Waals surface area contributed by atoms with E-state index in [1.165, 1.54) is 12.1 Å². The molecule has 0 saturated carbocycles. The number of halogens is 2. The zero-order valence-corrected chi connectivity index (χ0v) is 19.7. The summed E-state index contributed by atoms with van der Waals surface area (Å²) in [7, 11) is -3.61. The number of nitrogens with one attached hydrogen (secondary N) is 2. The van der Waals surface area contributed by atoms with Crippen LogP contribution in [0.1, 0.15) is 42.9 Å². The van der Waals surface area contributed by atoms with E-state index >= 15 is 0 Å². The van der Waals surface area contributed by atoms with Gasteiger partial charge in [0.1, 0.15) is 5.88 Å². The van der Waals surface area contributed by atoms with Gasteiger partial charge in [0.15, 0.2) is 9.84 Å². The molecule has 1 atom stereocenters. The van der Waals surface area contributed by atoms with Crippen molar-refractivity contribution in [2.75, 3.05) is 5.88 Å². The lowest BCUT2D eigenvalue weighted by molar-refractivity contribution is -0.121. The van der Waals surface area contributed by atoms with Crippen molar-refractivity contribution in [1.82, 2.24) is 10.6 Å². The molecule has 31 heavy (non-hydrogen) atoms. The molecule has 1 unspecified atom stereocenters. The van der Waals surface area contributed by atoms with Crippen LogP contribution in [0.3, 0.4) is 0 Å². The summed E-state index contributed by atoms with van der Waals surface area (Å²) in [5, 5.41) is 15.2. The van der Waals surface area contributed by atoms with Crippen LogP contribution < -0.4 is 10.6 Å². The number of nitriles is 1. The van der Waals surface area contributed by atoms with E-state index in [0.717, 1.165) is 5.56 Å². The fourth-order valence-electron chi connectivity index (χ4n) is 2.86. The van der Waals surface area contributed by atoms with Gasteiger partial charge in [0.25, 0.3) is 0 Å². The molecule has 6 nitrogen and oxygen atoms in total. The van der Waals surface area contributed by atoms with E-state index in [2.05, 4.69) is 16.7 Å². The summed E-state index contributed by atoms with van der Waals surface area (Å²) in [5.74, 6) is -0.326. The molecule has 0 aliphatic heterocycles. The Bertz CT molecular complexity index is 1060. The van der Waals surface area contributed by atoms with E-state index in [4.69, 9.17) is 28.5 Å². The van der Waals surface area contributed by atoms with Crippen molar-refractivity contribution in [2.24, 2.45) is 0 Å². The number of nitrogens with zero attached hydrogens (tertiary/aromatic N) is 1. The Labute approximate surface area is 193 Å². The average Bonchev–Trinajstić information content (AvgIpc) is 2.75. The first-order valence-corrected chi connectivity index (χ1v) is 12.2. The highest BCUT2D eigenvalue weighted by Crippen LogP contribution is 2.30. The van der Waals surface area contributed by atoms with E-state index in [9.17, 15) is 13.2 Å². The van der Waals surface area contributed by atoms with Crippen LogP contribution in [0, 0.1) is 18.3 Å². The molecule has 0 aromatic heterocycles. The summed E-state index contributed by atoms with van der Waals surface area (Å²) in [5.41, 5.74) is 2.03. The molecular formula is C22H25Cl2N3O3S. The summed E-state index contributed by atoms with van der Waals surface area (Å²) >= 11 is 12.1. The predicted octanol–water partition coefficient (Wildman–Crippen LogP) is 4.37. The summed E-state index contributed by atoms with van der Waals surface area (Å²) in [6.07, 6.45) is 1.61. The van der Waals surface area contributed by atoms with Gasteiger partial charge in [-0.15, -0.1) is 0 Å². The van der Waals surface area contributed by atoms with Gasteiger partial charge in [-0.25, -0.2) is 8.42 Å². The van der Waals surface area contributed by atoms with E-state index in [-0.39, 0.29) is 27.7 Å². The zero-order chi connectivity index (χ0) is 23.0. The molecule has 9 heteroatoms. The Morgan fingerprint density at radius 3 is 2.48 bits per heavy atom. The molecule has 0 saturated heterocycles. The molecule has 0 aliphatic rings. The van der Waals surface area contributed by atoms with Gasteiger partial charge in [-0.05, 0) is 62.1 Å². The van der Waals surface area contributed by atoms with Crippen LogP contribution in [0.5, 0.6) is 0 Å². The molecule has 2 N–H and O–H groups in total. The van der Waals surface area contributed by atoms with Crippen LogP contribution in [0.15, 0.2) is 41.3 Å². The van der Waals surface area contributed by atoms with Crippen molar-refractivity contribution in [1.29, 1.82) is 5.26 Å². The Morgan fingerprint density at radius 2 is 1.84 bits per heavy atom. The SMILES string of the molecule is Cc1c(Cl)ccc(S(=O)(=O)CNC(C)CCCC(=O)NCc2ccc(C#N)cc2)c1Cl. The largest absolute Gasteiger partial charge is 0.352 e. The molecule has 1 amide bonds. The molecular weight excluding hydrogens is 457 g/mol. The highest BCUT2D eigenvalue weighted by atomic mass is 35.5. The second-order valence-corrected chi connectivity index (χ2v) is 10.1. The van der Waals surface area contributed by atoms with Gasteiger partial charge in [-0.3, -0.25) is 4.79 Å². The fraction of sp³-hybridized carbons (Fsp3) is 0.364. The maximum atomic E-state index is 12.6. The van der Waals surface area contributed by atoms with Crippen molar-refractivity contribution in [3.63, 3.8) is 0 Å². The van der Waals surface area contributed by atoms with E-state index < -0.39 is 9.84 Å². The first-order valence-electron chi connectivity index (χ1n) is 9.80. The topological polar surface area (TPSA) is 99.1 Å². The van der Waals surface area contributed by atoms with Crippen molar-refractivity contribution in [3.05, 3.63) is 63.1 Å². The van der Waals surface area contributed by atoms with E-state index in [0.29, 0.717) is 42.0 Å². The van der Waals surface area contributed by atoms with Crippen molar-refractivity contribution in [2.45, 2.75) is 50.6 Å². The van der Waals surface area contributed by atoms with Crippen molar-refractivity contribution >= 4 is 38.9 Å². The van der Waals surface area contributed by atoms with Crippen LogP contribution in [0.25, 0.3) is 0 Å². The molecule has 2 aromatic rings. The number of hydrogen-bond donors (Lipinski definition) is 2. The highest BCUT2D eigenvalue weighted by molar-refractivity contribution is 7.91. The lowest BCUT2D eigenvalue weighted by Crippen LogP contribution is -2.32. The standard InChI is InChI=1S/C22H25Cl2N3O3S/c1-15(27-14-31(29,30)20-11-10-19(23)16(2)22(20)24)4-3-5-21(28)26-13-18-8-6-17(12-25)7-9-18/h6-11,15,27H,3-5,13-14H2,1-2H3,(H,26,28). The number of benzene rings is 2. The van der Waals surface area contributed by atoms with E-state index in [1.54, 1.807) is 31.2 Å². The first kappa shape index (κ1) is 25.2. The van der Waals surface area contributed by atoms with Crippen LogP contribution >= 0.6 is 23.2 Å². The molecule has 2 aromatic carbocycles. The molecule has 2 rings (SSSR count). The third-order valence-electron chi connectivity index (χ3n) is 4.86. The van der Waals surface area contributed by atoms with Crippen LogP contribution in [0.2, 0.25) is 10.0 Å². The van der Waals surface area contributed by atoms with Gasteiger partial charge in [-0.1, -0.05) is 35.3 Å². The maximum absolute atomic E-state index is 12.6. The quantitative estimate of drug-likeness (QED) is 0.524. The zero-order valence-electron chi connectivity index (χ0n) is 17.4. The third-order valence-corrected chi connectivity index (χ3v) is 7.42. The second kappa shape index (κ2) is 11.5. The van der Waals surface area contributed by atoms with Crippen molar-refractivity contribution < 1.29 is 13.2 Å². The number of carbonyl (C=O) groups excluding carboxylic acids is 1. The van der Waals surface area contributed by atoms with Crippen LogP contribution in [-0.2, 0) is 21.2 Å². The number of carbonyl (C=O) groups is 1. The molecule has 0 radical (unpaired) electrons. The molecule has 0 bridgehead atoms. The molecule has 166 valence electrons. The number of hydrogen-bond acceptors (Lipinski definition) is 5. The number of amides is 1. The normalized spacial score (nSPS) is 12.2. The monoisotopic (exact) mass is 481 g/mol. The third kappa shape index (κ3) is 7.51. The van der Waals surface area contributed by atoms with Crippen LogP contribution in [-0.4, -0.2) is 26.2 Å². The Hall–Kier alpha value is -2.11. The van der Waals surface area contributed by atoms with Crippen LogP contribution in [0.4, 0.5) is 0 Å². The Morgan fingerprint density at radius 1 is 1.16 bits per heavy atom. The first-order chi connectivity index (χ1) is 14.6. The fourth-order valence-corrected chi connectivity index (χ4v) is 4.95. The molecule has 0 aliphatic carbocycles. The predicted molar refractivity (Wildman–Crippen MR) is 123 cm³/mol. The second-order valence-electron chi connectivity index (χ2n) is 7.33. The minimum absolute atomic E-state index is 0.0537. The van der Waals surface area contributed by atoms with Gasteiger partial charge in [0.05, 0.1) is 21.6 Å². The van der Waals surface area contributed by atoms with Gasteiger partial charge in [-0.2, -0.15) is 5.26 Å². The number of sulfone groups is 1. The average molecular weight is 482 g/mol. The van der Waals surface area contributed by atoms with Gasteiger partial charge < -0.3 is 10.6 Å².